The fourth-order valence-electron chi connectivity index (χ4n) is 2.71. The van der Waals surface area contributed by atoms with Crippen LogP contribution in [0.1, 0.15) is 25.7 Å². The fourth-order valence-corrected chi connectivity index (χ4v) is 3.70. The number of sulfonamides is 1. The average molecular weight is 225 g/mol. The number of hydrogen-bond acceptors (Lipinski definition) is 2. The summed E-state index contributed by atoms with van der Waals surface area (Å²) < 4.78 is 48.1. The Labute approximate surface area is 81.7 Å². The Balaban J connectivity index is 2.11. The van der Waals surface area contributed by atoms with E-state index in [2.05, 4.69) is 0 Å². The number of halogens is 2. The minimum Gasteiger partial charge on any atom is -0.229 e. The summed E-state index contributed by atoms with van der Waals surface area (Å²) in [5, 5.41) is 4.86. The largest absolute Gasteiger partial charge is 0.254 e. The zero-order chi connectivity index (χ0) is 10.6. The van der Waals surface area contributed by atoms with Crippen molar-refractivity contribution < 1.29 is 17.2 Å². The Hall–Kier alpha value is -0.230. The Kier molecular flexibility index (Phi) is 1.96. The second-order valence-electron chi connectivity index (χ2n) is 4.44. The maximum Gasteiger partial charge on any atom is 0.254 e. The smallest absolute Gasteiger partial charge is 0.229 e. The van der Waals surface area contributed by atoms with Gasteiger partial charge in [0.1, 0.15) is 0 Å². The monoisotopic (exact) mass is 225 g/mol. The summed E-state index contributed by atoms with van der Waals surface area (Å²) in [7, 11) is -3.61. The molecule has 0 heterocycles. The van der Waals surface area contributed by atoms with Gasteiger partial charge < -0.3 is 0 Å². The van der Waals surface area contributed by atoms with Crippen LogP contribution in [0.5, 0.6) is 0 Å². The molecule has 1 spiro atoms. The van der Waals surface area contributed by atoms with Gasteiger partial charge in [-0.2, -0.15) is 0 Å². The van der Waals surface area contributed by atoms with Crippen molar-refractivity contribution in [2.75, 3.05) is 5.75 Å². The molecule has 0 aliphatic heterocycles. The average Bonchev–Trinajstić information content (AvgIpc) is 1.75. The standard InChI is InChI=1S/C8H13F2NO2S/c9-8(10)4-6(5-14(11,12)13)7(8)2-1-3-7/h6H,1-5H2,(H2,11,12,13). The molecule has 2 saturated carbocycles. The van der Waals surface area contributed by atoms with Crippen molar-refractivity contribution in [3.05, 3.63) is 0 Å². The van der Waals surface area contributed by atoms with Crippen molar-refractivity contribution in [3.63, 3.8) is 0 Å². The minimum absolute atomic E-state index is 0.289. The van der Waals surface area contributed by atoms with Gasteiger partial charge in [0.15, 0.2) is 0 Å². The first kappa shape index (κ1) is 10.3. The second-order valence-corrected chi connectivity index (χ2v) is 6.10. The highest BCUT2D eigenvalue weighted by Gasteiger charge is 2.70. The topological polar surface area (TPSA) is 60.2 Å². The number of primary sulfonamides is 1. The molecule has 2 fully saturated rings. The maximum absolute atomic E-state index is 13.2. The van der Waals surface area contributed by atoms with E-state index < -0.39 is 27.3 Å². The van der Waals surface area contributed by atoms with Crippen LogP contribution in [0.4, 0.5) is 8.78 Å². The lowest BCUT2D eigenvalue weighted by Crippen LogP contribution is -2.64. The Morgan fingerprint density at radius 3 is 2.21 bits per heavy atom. The minimum atomic E-state index is -3.61. The third-order valence-electron chi connectivity index (χ3n) is 3.69. The molecule has 0 bridgehead atoms. The highest BCUT2D eigenvalue weighted by atomic mass is 32.2. The van der Waals surface area contributed by atoms with Crippen molar-refractivity contribution in [2.45, 2.75) is 31.6 Å². The first-order valence-corrected chi connectivity index (χ1v) is 6.37. The van der Waals surface area contributed by atoms with Gasteiger partial charge in [-0.05, 0) is 18.8 Å². The van der Waals surface area contributed by atoms with Gasteiger partial charge in [0.05, 0.1) is 5.75 Å². The molecule has 2 rings (SSSR count). The van der Waals surface area contributed by atoms with Crippen LogP contribution in [0.25, 0.3) is 0 Å². The predicted octanol–water partition coefficient (Wildman–Crippen LogP) is 1.10. The van der Waals surface area contributed by atoms with Crippen molar-refractivity contribution >= 4 is 10.0 Å². The van der Waals surface area contributed by atoms with Gasteiger partial charge >= 0.3 is 0 Å². The molecule has 0 aromatic rings. The molecule has 2 aliphatic rings. The van der Waals surface area contributed by atoms with E-state index in [1.807, 2.05) is 0 Å². The predicted molar refractivity (Wildman–Crippen MR) is 47.3 cm³/mol. The summed E-state index contributed by atoms with van der Waals surface area (Å²) in [5.41, 5.74) is -1.03. The molecule has 6 heteroatoms. The Morgan fingerprint density at radius 1 is 1.36 bits per heavy atom. The summed E-state index contributed by atoms with van der Waals surface area (Å²) in [6.45, 7) is 0. The fraction of sp³-hybridized carbons (Fsp3) is 1.00. The molecule has 0 amide bonds. The SMILES string of the molecule is NS(=O)(=O)CC1CC(F)(F)C12CCC2. The van der Waals surface area contributed by atoms with E-state index in [-0.39, 0.29) is 12.2 Å². The lowest BCUT2D eigenvalue weighted by atomic mass is 9.48. The van der Waals surface area contributed by atoms with Crippen LogP contribution in [0.2, 0.25) is 0 Å². The summed E-state index contributed by atoms with van der Waals surface area (Å²) in [6.07, 6.45) is 1.35. The molecular formula is C8H13F2NO2S. The van der Waals surface area contributed by atoms with E-state index in [4.69, 9.17) is 5.14 Å². The second kappa shape index (κ2) is 2.66. The van der Waals surface area contributed by atoms with Crippen LogP contribution in [-0.2, 0) is 10.0 Å². The Bertz CT molecular complexity index is 348. The molecule has 0 aromatic carbocycles. The first-order chi connectivity index (χ1) is 6.27. The highest BCUT2D eigenvalue weighted by molar-refractivity contribution is 7.89. The molecule has 1 atom stereocenters. The lowest BCUT2D eigenvalue weighted by Gasteiger charge is -2.60. The summed E-state index contributed by atoms with van der Waals surface area (Å²) in [5.74, 6) is -3.38. The van der Waals surface area contributed by atoms with Crippen LogP contribution in [0, 0.1) is 11.3 Å². The third-order valence-corrected chi connectivity index (χ3v) is 4.56. The van der Waals surface area contributed by atoms with E-state index in [0.717, 1.165) is 6.42 Å². The van der Waals surface area contributed by atoms with Crippen LogP contribution in [-0.4, -0.2) is 20.1 Å². The summed E-state index contributed by atoms with van der Waals surface area (Å²) in [4.78, 5) is 0. The molecule has 82 valence electrons. The highest BCUT2D eigenvalue weighted by Crippen LogP contribution is 2.68. The van der Waals surface area contributed by atoms with Gasteiger partial charge in [0.2, 0.25) is 10.0 Å². The van der Waals surface area contributed by atoms with Crippen LogP contribution in [0.15, 0.2) is 0 Å². The lowest BCUT2D eigenvalue weighted by molar-refractivity contribution is -0.271. The van der Waals surface area contributed by atoms with Gasteiger partial charge in [-0.3, -0.25) is 0 Å². The van der Waals surface area contributed by atoms with Crippen molar-refractivity contribution in [3.8, 4) is 0 Å². The van der Waals surface area contributed by atoms with E-state index in [1.54, 1.807) is 0 Å². The number of rotatable bonds is 2. The number of hydrogen-bond donors (Lipinski definition) is 1. The van der Waals surface area contributed by atoms with E-state index in [1.165, 1.54) is 0 Å². The summed E-state index contributed by atoms with van der Waals surface area (Å²) >= 11 is 0. The van der Waals surface area contributed by atoms with Gasteiger partial charge in [0, 0.05) is 11.8 Å². The van der Waals surface area contributed by atoms with Crippen LogP contribution in [0.3, 0.4) is 0 Å². The van der Waals surface area contributed by atoms with E-state index >= 15 is 0 Å². The molecule has 3 nitrogen and oxygen atoms in total. The molecule has 2 aliphatic carbocycles. The van der Waals surface area contributed by atoms with Gasteiger partial charge in [-0.1, -0.05) is 6.42 Å². The Morgan fingerprint density at radius 2 is 1.93 bits per heavy atom. The van der Waals surface area contributed by atoms with E-state index in [9.17, 15) is 17.2 Å². The normalized spacial score (nSPS) is 33.5. The van der Waals surface area contributed by atoms with Crippen molar-refractivity contribution in [1.82, 2.24) is 0 Å². The quantitative estimate of drug-likeness (QED) is 0.765. The first-order valence-electron chi connectivity index (χ1n) is 4.65. The van der Waals surface area contributed by atoms with Gasteiger partial charge in [-0.15, -0.1) is 0 Å². The zero-order valence-electron chi connectivity index (χ0n) is 7.67. The van der Waals surface area contributed by atoms with Crippen molar-refractivity contribution in [1.29, 1.82) is 0 Å². The summed E-state index contributed by atoms with van der Waals surface area (Å²) in [6, 6.07) is 0. The van der Waals surface area contributed by atoms with Gasteiger partial charge in [-0.25, -0.2) is 22.3 Å². The van der Waals surface area contributed by atoms with Crippen LogP contribution < -0.4 is 5.14 Å². The molecule has 0 aromatic heterocycles. The molecule has 1 unspecified atom stereocenters. The van der Waals surface area contributed by atoms with Crippen molar-refractivity contribution in [2.24, 2.45) is 16.5 Å². The molecule has 2 N–H and O–H groups in total. The number of nitrogens with two attached hydrogens (primary N) is 1. The molecule has 0 radical (unpaired) electrons. The third kappa shape index (κ3) is 1.27. The number of alkyl halides is 2. The molecular weight excluding hydrogens is 212 g/mol. The van der Waals surface area contributed by atoms with E-state index in [0.29, 0.717) is 12.8 Å². The molecule has 14 heavy (non-hydrogen) atoms. The van der Waals surface area contributed by atoms with Gasteiger partial charge in [0.25, 0.3) is 5.92 Å². The van der Waals surface area contributed by atoms with Crippen LogP contribution >= 0.6 is 0 Å². The maximum atomic E-state index is 13.2. The molecule has 0 saturated heterocycles. The zero-order valence-corrected chi connectivity index (χ0v) is 8.49.